The number of hydrogen-bond donors (Lipinski definition) is 1. The molecule has 2 rings (SSSR count). The van der Waals surface area contributed by atoms with E-state index in [9.17, 15) is 0 Å². The summed E-state index contributed by atoms with van der Waals surface area (Å²) in [7, 11) is 0. The summed E-state index contributed by atoms with van der Waals surface area (Å²) < 4.78 is 0. The fourth-order valence-electron chi connectivity index (χ4n) is 3.21. The first kappa shape index (κ1) is 18.0. The molecule has 0 amide bonds. The third kappa shape index (κ3) is 7.15. The van der Waals surface area contributed by atoms with Crippen LogP contribution in [0.25, 0.3) is 11.0 Å². The smallest absolute Gasteiger partial charge is 0.113 e. The minimum atomic E-state index is 0.962. The van der Waals surface area contributed by atoms with E-state index < -0.39 is 0 Å². The molecule has 1 N–H and O–H groups in total. The SMILES string of the molecule is CCCCCCCCCCCCCCc1ccc2n[nH]nc2c1. The maximum atomic E-state index is 4.15. The van der Waals surface area contributed by atoms with Crippen LogP contribution in [0.3, 0.4) is 0 Å². The summed E-state index contributed by atoms with van der Waals surface area (Å²) >= 11 is 0. The Kier molecular flexibility index (Phi) is 8.75. The van der Waals surface area contributed by atoms with Crippen LogP contribution in [0.4, 0.5) is 0 Å². The van der Waals surface area contributed by atoms with Crippen molar-refractivity contribution in [2.75, 3.05) is 0 Å². The molecule has 0 aliphatic rings. The Morgan fingerprint density at radius 1 is 0.696 bits per heavy atom. The van der Waals surface area contributed by atoms with Crippen molar-refractivity contribution in [2.45, 2.75) is 90.4 Å². The molecule has 0 spiro atoms. The molecule has 0 unspecified atom stereocenters. The lowest BCUT2D eigenvalue weighted by Gasteiger charge is -2.03. The van der Waals surface area contributed by atoms with Gasteiger partial charge in [0, 0.05) is 0 Å². The first-order chi connectivity index (χ1) is 11.4. The minimum Gasteiger partial charge on any atom is -0.197 e. The number of fused-ring (bicyclic) bond motifs is 1. The average molecular weight is 316 g/mol. The molecule has 23 heavy (non-hydrogen) atoms. The van der Waals surface area contributed by atoms with Crippen LogP contribution in [0.15, 0.2) is 18.2 Å². The zero-order valence-corrected chi connectivity index (χ0v) is 14.8. The lowest BCUT2D eigenvalue weighted by atomic mass is 10.0. The Hall–Kier alpha value is -1.38. The summed E-state index contributed by atoms with van der Waals surface area (Å²) in [5.74, 6) is 0. The van der Waals surface area contributed by atoms with Crippen molar-refractivity contribution in [1.82, 2.24) is 15.4 Å². The van der Waals surface area contributed by atoms with Gasteiger partial charge in [-0.15, -0.1) is 0 Å². The van der Waals surface area contributed by atoms with E-state index >= 15 is 0 Å². The Morgan fingerprint density at radius 3 is 1.91 bits per heavy atom. The zero-order valence-electron chi connectivity index (χ0n) is 14.8. The van der Waals surface area contributed by atoms with E-state index in [4.69, 9.17) is 0 Å². The van der Waals surface area contributed by atoms with Crippen LogP contribution < -0.4 is 0 Å². The van der Waals surface area contributed by atoms with Crippen molar-refractivity contribution >= 4 is 11.0 Å². The second kappa shape index (κ2) is 11.2. The fourth-order valence-corrected chi connectivity index (χ4v) is 3.21. The molecule has 3 nitrogen and oxygen atoms in total. The van der Waals surface area contributed by atoms with Crippen molar-refractivity contribution in [2.24, 2.45) is 0 Å². The lowest BCUT2D eigenvalue weighted by molar-refractivity contribution is 0.544. The standard InChI is InChI=1S/C20H33N3/c1-2-3-4-5-6-7-8-9-10-11-12-13-14-18-15-16-19-20(17-18)22-23-21-19/h15-17H,2-14H2,1H3,(H,21,22,23). The van der Waals surface area contributed by atoms with Gasteiger partial charge in [-0.25, -0.2) is 0 Å². The van der Waals surface area contributed by atoms with E-state index in [0.29, 0.717) is 0 Å². The number of nitrogens with one attached hydrogen (secondary N) is 1. The Labute approximate surface area is 141 Å². The van der Waals surface area contributed by atoms with Crippen LogP contribution in [-0.2, 0) is 6.42 Å². The molecule has 3 heteroatoms. The van der Waals surface area contributed by atoms with Crippen LogP contribution in [0.1, 0.15) is 89.5 Å². The predicted molar refractivity (Wildman–Crippen MR) is 98.7 cm³/mol. The van der Waals surface area contributed by atoms with Gasteiger partial charge in [0.2, 0.25) is 0 Å². The van der Waals surface area contributed by atoms with Crippen LogP contribution in [0.5, 0.6) is 0 Å². The number of aromatic nitrogens is 3. The molecule has 2 aromatic rings. The lowest BCUT2D eigenvalue weighted by Crippen LogP contribution is -1.87. The van der Waals surface area contributed by atoms with Crippen molar-refractivity contribution in [3.05, 3.63) is 23.8 Å². The Balaban J connectivity index is 1.42. The molecule has 128 valence electrons. The highest BCUT2D eigenvalue weighted by Gasteiger charge is 2.00. The second-order valence-corrected chi connectivity index (χ2v) is 6.79. The highest BCUT2D eigenvalue weighted by molar-refractivity contribution is 5.74. The van der Waals surface area contributed by atoms with Gasteiger partial charge in [-0.1, -0.05) is 83.6 Å². The topological polar surface area (TPSA) is 41.6 Å². The first-order valence-corrected chi connectivity index (χ1v) is 9.69. The highest BCUT2D eigenvalue weighted by Crippen LogP contribution is 2.15. The number of benzene rings is 1. The molecule has 0 saturated heterocycles. The van der Waals surface area contributed by atoms with E-state index in [0.717, 1.165) is 11.0 Å². The molecule has 0 atom stereocenters. The quantitative estimate of drug-likeness (QED) is 0.447. The molecular weight excluding hydrogens is 282 g/mol. The van der Waals surface area contributed by atoms with Gasteiger partial charge in [0.15, 0.2) is 0 Å². The maximum absolute atomic E-state index is 4.15. The molecule has 0 fully saturated rings. The monoisotopic (exact) mass is 315 g/mol. The summed E-state index contributed by atoms with van der Waals surface area (Å²) in [6.45, 7) is 2.28. The molecule has 0 aliphatic carbocycles. The third-order valence-corrected chi connectivity index (χ3v) is 4.70. The average Bonchev–Trinajstić information content (AvgIpc) is 3.03. The van der Waals surface area contributed by atoms with Gasteiger partial charge in [0.05, 0.1) is 0 Å². The van der Waals surface area contributed by atoms with Crippen molar-refractivity contribution in [3.63, 3.8) is 0 Å². The van der Waals surface area contributed by atoms with E-state index in [-0.39, 0.29) is 0 Å². The normalized spacial score (nSPS) is 11.3. The number of aromatic amines is 1. The van der Waals surface area contributed by atoms with Crippen molar-refractivity contribution in [1.29, 1.82) is 0 Å². The number of aryl methyl sites for hydroxylation is 1. The molecular formula is C20H33N3. The minimum absolute atomic E-state index is 0.962. The molecule has 0 bridgehead atoms. The maximum Gasteiger partial charge on any atom is 0.113 e. The van der Waals surface area contributed by atoms with Crippen LogP contribution >= 0.6 is 0 Å². The first-order valence-electron chi connectivity index (χ1n) is 9.69. The van der Waals surface area contributed by atoms with Gasteiger partial charge in [0.1, 0.15) is 11.0 Å². The van der Waals surface area contributed by atoms with Gasteiger partial charge in [0.25, 0.3) is 0 Å². The third-order valence-electron chi connectivity index (χ3n) is 4.70. The number of unbranched alkanes of at least 4 members (excludes halogenated alkanes) is 11. The number of H-pyrrole nitrogens is 1. The Bertz CT molecular complexity index is 532. The van der Waals surface area contributed by atoms with Gasteiger partial charge in [-0.3, -0.25) is 0 Å². The van der Waals surface area contributed by atoms with E-state index in [1.54, 1.807) is 0 Å². The summed E-state index contributed by atoms with van der Waals surface area (Å²) in [6.07, 6.45) is 18.0. The second-order valence-electron chi connectivity index (χ2n) is 6.79. The predicted octanol–water partition coefficient (Wildman–Crippen LogP) is 6.20. The van der Waals surface area contributed by atoms with Crippen molar-refractivity contribution in [3.8, 4) is 0 Å². The molecule has 1 heterocycles. The van der Waals surface area contributed by atoms with E-state index in [2.05, 4.69) is 40.5 Å². The highest BCUT2D eigenvalue weighted by atomic mass is 15.3. The summed E-state index contributed by atoms with van der Waals surface area (Å²) in [6, 6.07) is 6.41. The van der Waals surface area contributed by atoms with Gasteiger partial charge >= 0.3 is 0 Å². The van der Waals surface area contributed by atoms with Gasteiger partial charge in [-0.2, -0.15) is 15.4 Å². The molecule has 1 aromatic carbocycles. The summed E-state index contributed by atoms with van der Waals surface area (Å²) in [5.41, 5.74) is 3.34. The molecule has 0 saturated carbocycles. The summed E-state index contributed by atoms with van der Waals surface area (Å²) in [5, 5.41) is 10.9. The number of hydrogen-bond acceptors (Lipinski definition) is 2. The van der Waals surface area contributed by atoms with Gasteiger partial charge < -0.3 is 0 Å². The summed E-state index contributed by atoms with van der Waals surface area (Å²) in [4.78, 5) is 0. The van der Waals surface area contributed by atoms with Crippen LogP contribution in [0, 0.1) is 0 Å². The van der Waals surface area contributed by atoms with Gasteiger partial charge in [-0.05, 0) is 30.5 Å². The fraction of sp³-hybridized carbons (Fsp3) is 0.700. The number of rotatable bonds is 13. The Morgan fingerprint density at radius 2 is 1.26 bits per heavy atom. The van der Waals surface area contributed by atoms with Crippen molar-refractivity contribution < 1.29 is 0 Å². The molecule has 0 radical (unpaired) electrons. The van der Waals surface area contributed by atoms with E-state index in [1.165, 1.54) is 89.0 Å². The van der Waals surface area contributed by atoms with Crippen LogP contribution in [0.2, 0.25) is 0 Å². The van der Waals surface area contributed by atoms with E-state index in [1.807, 2.05) is 0 Å². The zero-order chi connectivity index (χ0) is 16.2. The molecule has 1 aromatic heterocycles. The molecule has 0 aliphatic heterocycles. The number of nitrogens with zero attached hydrogens (tertiary/aromatic N) is 2. The van der Waals surface area contributed by atoms with Crippen LogP contribution in [-0.4, -0.2) is 15.4 Å². The largest absolute Gasteiger partial charge is 0.197 e.